The first-order valence-corrected chi connectivity index (χ1v) is 13.3. The predicted molar refractivity (Wildman–Crippen MR) is 147 cm³/mol. The molecule has 3 heterocycles. The molecule has 10 nitrogen and oxygen atoms in total. The van der Waals surface area contributed by atoms with Gasteiger partial charge >= 0.3 is 0 Å². The Bertz CT molecular complexity index is 1290. The summed E-state index contributed by atoms with van der Waals surface area (Å²) in [7, 11) is 1.99. The van der Waals surface area contributed by atoms with E-state index < -0.39 is 0 Å². The molecular weight excluding hydrogens is 486 g/mol. The van der Waals surface area contributed by atoms with E-state index in [9.17, 15) is 4.79 Å². The Kier molecular flexibility index (Phi) is 8.45. The summed E-state index contributed by atoms with van der Waals surface area (Å²) in [5.41, 5.74) is 4.73. The zero-order valence-corrected chi connectivity index (χ0v) is 22.7. The quantitative estimate of drug-likeness (QED) is 0.175. The van der Waals surface area contributed by atoms with Crippen molar-refractivity contribution in [3.63, 3.8) is 0 Å². The van der Waals surface area contributed by atoms with Crippen LogP contribution >= 0.6 is 11.9 Å². The highest BCUT2D eigenvalue weighted by molar-refractivity contribution is 7.97. The maximum atomic E-state index is 12.0. The molecule has 0 aromatic carbocycles. The van der Waals surface area contributed by atoms with Crippen molar-refractivity contribution in [2.45, 2.75) is 70.4 Å². The summed E-state index contributed by atoms with van der Waals surface area (Å²) < 4.78 is 0. The topological polar surface area (TPSA) is 135 Å². The molecule has 3 aromatic heterocycles. The van der Waals surface area contributed by atoms with Gasteiger partial charge in [-0.2, -0.15) is 0 Å². The summed E-state index contributed by atoms with van der Waals surface area (Å²) in [6, 6.07) is 3.94. The number of amidine groups is 1. The third-order valence-electron chi connectivity index (χ3n) is 6.61. The molecule has 3 aromatic rings. The highest BCUT2D eigenvalue weighted by Crippen LogP contribution is 2.44. The number of aryl methyl sites for hydroxylation is 2. The van der Waals surface area contributed by atoms with Crippen LogP contribution in [0.5, 0.6) is 0 Å². The van der Waals surface area contributed by atoms with Crippen LogP contribution in [0, 0.1) is 13.8 Å². The number of anilines is 1. The number of aldehydes is 1. The minimum atomic E-state index is 0.176. The van der Waals surface area contributed by atoms with Crippen molar-refractivity contribution in [2.24, 2.45) is 10.1 Å². The molecule has 1 fully saturated rings. The largest absolute Gasteiger partial charge is 0.362 e. The van der Waals surface area contributed by atoms with Crippen molar-refractivity contribution < 1.29 is 4.79 Å². The molecule has 1 aliphatic rings. The minimum absolute atomic E-state index is 0.176. The fraction of sp³-hybridized carbons (Fsp3) is 0.423. The lowest BCUT2D eigenvalue weighted by molar-refractivity contribution is -0.102. The van der Waals surface area contributed by atoms with Gasteiger partial charge in [-0.25, -0.2) is 24.9 Å². The number of nitrogens with zero attached hydrogens (tertiary/aromatic N) is 7. The van der Waals surface area contributed by atoms with E-state index in [1.807, 2.05) is 33.0 Å². The molecular formula is C26H33N9OS. The van der Waals surface area contributed by atoms with Crippen molar-refractivity contribution in [2.75, 3.05) is 11.9 Å². The number of nitrogens with two attached hydrogens (primary N) is 1. The van der Waals surface area contributed by atoms with Crippen molar-refractivity contribution >= 4 is 35.6 Å². The molecule has 1 aliphatic carbocycles. The Morgan fingerprint density at radius 3 is 2.65 bits per heavy atom. The fourth-order valence-corrected chi connectivity index (χ4v) is 4.21. The van der Waals surface area contributed by atoms with E-state index in [4.69, 9.17) is 15.1 Å². The second-order valence-corrected chi connectivity index (χ2v) is 9.95. The number of pyridine rings is 1. The van der Waals surface area contributed by atoms with Gasteiger partial charge in [-0.1, -0.05) is 6.92 Å². The monoisotopic (exact) mass is 519 g/mol. The van der Waals surface area contributed by atoms with E-state index in [-0.39, 0.29) is 11.9 Å². The standard InChI is InChI=1S/C26H33N9OS/c1-6-15(2)35(5)26-23(33-21(13-36)29-11-19-9-10-20(37-27)12-28-19)17(4)32-25(34-26)22-16(3)30-14-31-24(22)18-7-8-18/h9-10,12-15,18H,6-8,11,27H2,1-5H3,(H,29,33)/t15-/m1/s1. The number of aromatic nitrogens is 5. The first kappa shape index (κ1) is 26.6. The SMILES string of the molecule is CC[C@@H](C)N(C)c1nc(-c2c(C)ncnc2C2CC2)nc(C)c1/N=C(\C=O)NCc1ccc(SN)cn1. The van der Waals surface area contributed by atoms with Crippen molar-refractivity contribution in [1.29, 1.82) is 0 Å². The second-order valence-electron chi connectivity index (χ2n) is 9.24. The van der Waals surface area contributed by atoms with Crippen LogP contribution in [-0.2, 0) is 11.3 Å². The summed E-state index contributed by atoms with van der Waals surface area (Å²) in [6.07, 6.45) is 7.15. The third-order valence-corrected chi connectivity index (χ3v) is 7.12. The van der Waals surface area contributed by atoms with Crippen LogP contribution < -0.4 is 15.4 Å². The maximum Gasteiger partial charge on any atom is 0.185 e. The van der Waals surface area contributed by atoms with Crippen molar-refractivity contribution in [1.82, 2.24) is 30.2 Å². The molecule has 0 aliphatic heterocycles. The van der Waals surface area contributed by atoms with Crippen LogP contribution in [0.1, 0.15) is 61.8 Å². The molecule has 1 atom stereocenters. The number of carbonyl (C=O) groups is 1. The Balaban J connectivity index is 1.74. The zero-order valence-electron chi connectivity index (χ0n) is 21.9. The van der Waals surface area contributed by atoms with Gasteiger partial charge in [0, 0.05) is 30.1 Å². The molecule has 0 unspecified atom stereocenters. The first-order chi connectivity index (χ1) is 17.9. The second kappa shape index (κ2) is 11.7. The van der Waals surface area contributed by atoms with Crippen LogP contribution in [0.2, 0.25) is 0 Å². The van der Waals surface area contributed by atoms with Crippen molar-refractivity contribution in [3.8, 4) is 11.4 Å². The number of hydrogen-bond donors (Lipinski definition) is 2. The van der Waals surface area contributed by atoms with E-state index in [0.717, 1.165) is 58.8 Å². The molecule has 0 amide bonds. The van der Waals surface area contributed by atoms with Crippen LogP contribution in [0.25, 0.3) is 11.4 Å². The van der Waals surface area contributed by atoms with Gasteiger partial charge in [0.2, 0.25) is 0 Å². The Hall–Kier alpha value is -3.44. The molecule has 37 heavy (non-hydrogen) atoms. The van der Waals surface area contributed by atoms with Gasteiger partial charge in [-0.3, -0.25) is 14.9 Å². The lowest BCUT2D eigenvalue weighted by Gasteiger charge is -2.27. The molecule has 3 N–H and O–H groups in total. The third kappa shape index (κ3) is 6.11. The van der Waals surface area contributed by atoms with Gasteiger partial charge < -0.3 is 10.2 Å². The van der Waals surface area contributed by atoms with Gasteiger partial charge in [0.15, 0.2) is 23.8 Å². The molecule has 11 heteroatoms. The van der Waals surface area contributed by atoms with Crippen LogP contribution in [-0.4, -0.2) is 50.1 Å². The molecule has 4 rings (SSSR count). The lowest BCUT2D eigenvalue weighted by Crippen LogP contribution is -2.30. The smallest absolute Gasteiger partial charge is 0.185 e. The van der Waals surface area contributed by atoms with Gasteiger partial charge in [-0.05, 0) is 64.1 Å². The summed E-state index contributed by atoms with van der Waals surface area (Å²) in [6.45, 7) is 8.45. The highest BCUT2D eigenvalue weighted by Gasteiger charge is 2.31. The van der Waals surface area contributed by atoms with Gasteiger partial charge in [0.05, 0.1) is 34.9 Å². The number of rotatable bonds is 10. The van der Waals surface area contributed by atoms with Crippen LogP contribution in [0.4, 0.5) is 11.5 Å². The Labute approximate surface area is 221 Å². The minimum Gasteiger partial charge on any atom is -0.362 e. The van der Waals surface area contributed by atoms with E-state index >= 15 is 0 Å². The van der Waals surface area contributed by atoms with E-state index in [1.54, 1.807) is 12.5 Å². The molecule has 1 saturated carbocycles. The Morgan fingerprint density at radius 1 is 1.24 bits per heavy atom. The summed E-state index contributed by atoms with van der Waals surface area (Å²) in [4.78, 5) is 42.8. The van der Waals surface area contributed by atoms with Crippen LogP contribution in [0.3, 0.4) is 0 Å². The van der Waals surface area contributed by atoms with E-state index in [2.05, 4.69) is 44.0 Å². The average Bonchev–Trinajstić information content (AvgIpc) is 3.76. The summed E-state index contributed by atoms with van der Waals surface area (Å²) in [5, 5.41) is 8.65. The molecule has 0 saturated heterocycles. The first-order valence-electron chi connectivity index (χ1n) is 12.4. The molecule has 0 bridgehead atoms. The Morgan fingerprint density at radius 2 is 2.03 bits per heavy atom. The van der Waals surface area contributed by atoms with E-state index in [1.165, 1.54) is 0 Å². The van der Waals surface area contributed by atoms with Crippen molar-refractivity contribution in [3.05, 3.63) is 47.4 Å². The fourth-order valence-electron chi connectivity index (χ4n) is 3.95. The number of nitrogens with one attached hydrogen (secondary N) is 1. The highest BCUT2D eigenvalue weighted by atomic mass is 32.2. The summed E-state index contributed by atoms with van der Waals surface area (Å²) in [5.74, 6) is 1.84. The van der Waals surface area contributed by atoms with Gasteiger partial charge in [0.25, 0.3) is 0 Å². The average molecular weight is 520 g/mol. The number of hydrogen-bond acceptors (Lipinski definition) is 10. The number of aliphatic imine (C=N–C) groups is 1. The lowest BCUT2D eigenvalue weighted by atomic mass is 10.1. The number of carbonyl (C=O) groups excluding carboxylic acids is 1. The van der Waals surface area contributed by atoms with Crippen LogP contribution in [0.15, 0.2) is 34.5 Å². The molecule has 194 valence electrons. The maximum absolute atomic E-state index is 12.0. The predicted octanol–water partition coefficient (Wildman–Crippen LogP) is 4.04. The van der Waals surface area contributed by atoms with E-state index in [0.29, 0.717) is 41.8 Å². The van der Waals surface area contributed by atoms with Gasteiger partial charge in [0.1, 0.15) is 12.0 Å². The zero-order chi connectivity index (χ0) is 26.5. The normalized spacial score (nSPS) is 14.4. The molecule has 0 spiro atoms. The van der Waals surface area contributed by atoms with Gasteiger partial charge in [-0.15, -0.1) is 0 Å². The molecule has 0 radical (unpaired) electrons. The summed E-state index contributed by atoms with van der Waals surface area (Å²) >= 11 is 1.13.